The SMILES string of the molecule is CCCC(NC(=O)/C(C#N)=C/c1cccc(Br)n1)c1ccc(OCC=NOCC(=O)NCCOCCNC(=O)CN2CCN(c3cc(Nc4ncc(C(=O)Cc5c(C)cccc5Cl)s4)nc(C)n3)CC2)cc1. The molecule has 0 radical (unpaired) electrons. The molecule has 0 bridgehead atoms. The molecule has 1 atom stereocenters. The normalized spacial score (nSPS) is 13.3. The molecule has 1 saturated heterocycles. The van der Waals surface area contributed by atoms with E-state index in [1.807, 2.05) is 57.2 Å². The van der Waals surface area contributed by atoms with Gasteiger partial charge >= 0.3 is 0 Å². The largest absolute Gasteiger partial charge is 0.488 e. The first kappa shape index (κ1) is 54.5. The molecule has 22 heteroatoms. The molecule has 0 aliphatic carbocycles. The van der Waals surface area contributed by atoms with E-state index in [9.17, 15) is 24.4 Å². The maximum absolute atomic E-state index is 13.0. The minimum absolute atomic E-state index is 0.0483. The zero-order valence-electron chi connectivity index (χ0n) is 40.2. The fourth-order valence-corrected chi connectivity index (χ4v) is 8.72. The van der Waals surface area contributed by atoms with Crippen LogP contribution in [-0.4, -0.2) is 127 Å². The number of aryl methyl sites for hydroxylation is 2. The van der Waals surface area contributed by atoms with E-state index in [2.05, 4.69) is 72.1 Å². The Morgan fingerprint density at radius 2 is 1.72 bits per heavy atom. The average Bonchev–Trinajstić information content (AvgIpc) is 3.83. The average molecular weight is 1080 g/mol. The number of pyridine rings is 1. The van der Waals surface area contributed by atoms with Crippen LogP contribution in [0.2, 0.25) is 5.02 Å². The number of halogens is 2. The standard InChI is InChI=1S/C50H56BrClN12O7S/c1-4-7-41(61-49(68)36(29-53)26-37-9-6-11-44(51)60-37)35-12-14-38(15-13-35)70-25-18-57-71-32-48(67)55-17-24-69-23-16-54-47(66)31-63-19-21-64(22-20-63)46-28-45(58-34(3)59-46)62-50-56-30-43(72-50)42(65)27-39-33(2)8-5-10-40(39)52/h5-6,8-15,18,26,28,30,41H,4,7,16-17,19-25,27,31-32H2,1-3H3,(H,54,66)(H,55,67)(H,61,68)(H,56,58,59,62)/b36-26+,57-18?. The number of anilines is 3. The van der Waals surface area contributed by atoms with E-state index in [-0.39, 0.29) is 75.2 Å². The molecule has 2 aromatic carbocycles. The number of nitriles is 1. The minimum atomic E-state index is -0.489. The van der Waals surface area contributed by atoms with Crippen molar-refractivity contribution in [1.82, 2.24) is 40.8 Å². The molecule has 1 aliphatic rings. The molecule has 6 rings (SSSR count). The molecule has 1 aliphatic heterocycles. The van der Waals surface area contributed by atoms with Gasteiger partial charge in [0, 0.05) is 56.8 Å². The Morgan fingerprint density at radius 3 is 2.44 bits per heavy atom. The fraction of sp³-hybridized carbons (Fsp3) is 0.360. The van der Waals surface area contributed by atoms with Gasteiger partial charge in [0.25, 0.3) is 11.8 Å². The lowest BCUT2D eigenvalue weighted by Gasteiger charge is -2.35. The number of benzene rings is 2. The summed E-state index contributed by atoms with van der Waals surface area (Å²) in [5, 5.41) is 26.3. The number of thiazole rings is 1. The number of ketones is 1. The second kappa shape index (κ2) is 28.3. The smallest absolute Gasteiger partial charge is 0.262 e. The van der Waals surface area contributed by atoms with Crippen LogP contribution >= 0.6 is 38.9 Å². The second-order valence-corrected chi connectivity index (χ2v) is 18.6. The van der Waals surface area contributed by atoms with Crippen LogP contribution in [0.5, 0.6) is 5.75 Å². The van der Waals surface area contributed by atoms with Crippen LogP contribution in [0.1, 0.15) is 63.7 Å². The first-order valence-electron chi connectivity index (χ1n) is 23.2. The van der Waals surface area contributed by atoms with Crippen molar-refractivity contribution in [3.8, 4) is 11.8 Å². The number of hydrogen-bond acceptors (Lipinski definition) is 17. The lowest BCUT2D eigenvalue weighted by Crippen LogP contribution is -2.50. The molecule has 0 spiro atoms. The molecule has 0 saturated carbocycles. The first-order valence-corrected chi connectivity index (χ1v) is 25.2. The highest BCUT2D eigenvalue weighted by Crippen LogP contribution is 2.28. The summed E-state index contributed by atoms with van der Waals surface area (Å²) in [6.45, 7) is 9.62. The van der Waals surface area contributed by atoms with Crippen molar-refractivity contribution < 1.29 is 33.5 Å². The predicted octanol–water partition coefficient (Wildman–Crippen LogP) is 6.55. The number of piperazine rings is 1. The highest BCUT2D eigenvalue weighted by Gasteiger charge is 2.22. The molecule has 3 amide bonds. The summed E-state index contributed by atoms with van der Waals surface area (Å²) in [7, 11) is 0. The van der Waals surface area contributed by atoms with E-state index < -0.39 is 5.91 Å². The van der Waals surface area contributed by atoms with E-state index >= 15 is 0 Å². The van der Waals surface area contributed by atoms with Gasteiger partial charge in [-0.1, -0.05) is 71.8 Å². The first-order chi connectivity index (χ1) is 34.9. The van der Waals surface area contributed by atoms with Gasteiger partial charge in [0.15, 0.2) is 17.5 Å². The maximum atomic E-state index is 13.0. The van der Waals surface area contributed by atoms with Crippen LogP contribution in [0.25, 0.3) is 6.08 Å². The van der Waals surface area contributed by atoms with Crippen molar-refractivity contribution in [1.29, 1.82) is 5.26 Å². The molecule has 19 nitrogen and oxygen atoms in total. The molecule has 4 heterocycles. The van der Waals surface area contributed by atoms with Crippen LogP contribution in [0, 0.1) is 25.2 Å². The van der Waals surface area contributed by atoms with Gasteiger partial charge in [-0.2, -0.15) is 5.26 Å². The molecular weight excluding hydrogens is 1030 g/mol. The molecule has 3 aromatic heterocycles. The monoisotopic (exact) mass is 1080 g/mol. The molecule has 1 unspecified atom stereocenters. The number of oxime groups is 1. The summed E-state index contributed by atoms with van der Waals surface area (Å²) >= 11 is 10.9. The summed E-state index contributed by atoms with van der Waals surface area (Å²) in [4.78, 5) is 78.5. The summed E-state index contributed by atoms with van der Waals surface area (Å²) < 4.78 is 11.9. The van der Waals surface area contributed by atoms with Crippen LogP contribution < -0.4 is 30.9 Å². The van der Waals surface area contributed by atoms with Crippen molar-refractivity contribution in [2.24, 2.45) is 5.16 Å². The highest BCUT2D eigenvalue weighted by atomic mass is 79.9. The second-order valence-electron chi connectivity index (χ2n) is 16.3. The van der Waals surface area contributed by atoms with Crippen molar-refractivity contribution in [3.05, 3.63) is 121 Å². The third-order valence-corrected chi connectivity index (χ3v) is 12.7. The van der Waals surface area contributed by atoms with Gasteiger partial charge < -0.3 is 40.5 Å². The molecule has 1 fully saturated rings. The quantitative estimate of drug-likeness (QED) is 0.00874. The number of nitrogens with zero attached hydrogens (tertiary/aromatic N) is 8. The van der Waals surface area contributed by atoms with Crippen molar-refractivity contribution >= 4 is 91.4 Å². The Bertz CT molecular complexity index is 2730. The summed E-state index contributed by atoms with van der Waals surface area (Å²) in [5.41, 5.74) is 3.08. The van der Waals surface area contributed by atoms with Gasteiger partial charge in [-0.05, 0) is 89.3 Å². The van der Waals surface area contributed by atoms with Crippen LogP contribution in [0.3, 0.4) is 0 Å². The van der Waals surface area contributed by atoms with Crippen LogP contribution in [0.15, 0.2) is 88.3 Å². The Labute approximate surface area is 435 Å². The van der Waals surface area contributed by atoms with E-state index in [0.29, 0.717) is 81.9 Å². The third kappa shape index (κ3) is 17.5. The lowest BCUT2D eigenvalue weighted by molar-refractivity contribution is -0.126. The number of rotatable bonds is 26. The zero-order valence-corrected chi connectivity index (χ0v) is 43.3. The molecule has 5 aromatic rings. The van der Waals surface area contributed by atoms with Gasteiger partial charge in [0.2, 0.25) is 5.91 Å². The van der Waals surface area contributed by atoms with Gasteiger partial charge in [-0.25, -0.2) is 19.9 Å². The maximum Gasteiger partial charge on any atom is 0.262 e. The Hall–Kier alpha value is -6.83. The number of carbonyl (C=O) groups excluding carboxylic acids is 4. The van der Waals surface area contributed by atoms with E-state index in [4.69, 9.17) is 25.9 Å². The van der Waals surface area contributed by atoms with Gasteiger partial charge in [-0.15, -0.1) is 0 Å². The zero-order chi connectivity index (χ0) is 51.2. The Kier molecular flexibility index (Phi) is 21.4. The Morgan fingerprint density at radius 1 is 0.972 bits per heavy atom. The summed E-state index contributed by atoms with van der Waals surface area (Å²) in [5.74, 6) is 1.45. The fourth-order valence-electron chi connectivity index (χ4n) is 7.32. The highest BCUT2D eigenvalue weighted by molar-refractivity contribution is 9.10. The molecule has 72 heavy (non-hydrogen) atoms. The minimum Gasteiger partial charge on any atom is -0.488 e. The molecule has 378 valence electrons. The van der Waals surface area contributed by atoms with Gasteiger partial charge in [0.05, 0.1) is 48.8 Å². The molecular formula is C50H56BrClN12O7S. The summed E-state index contributed by atoms with van der Waals surface area (Å²) in [6.07, 6.45) is 6.07. The van der Waals surface area contributed by atoms with Crippen molar-refractivity contribution in [2.45, 2.75) is 46.1 Å². The van der Waals surface area contributed by atoms with Gasteiger partial charge in [-0.3, -0.25) is 24.1 Å². The number of carbonyl (C=O) groups is 4. The van der Waals surface area contributed by atoms with Crippen LogP contribution in [-0.2, 0) is 30.4 Å². The van der Waals surface area contributed by atoms with Crippen molar-refractivity contribution in [3.63, 3.8) is 0 Å². The lowest BCUT2D eigenvalue weighted by atomic mass is 10.0. The topological polar surface area (TPSA) is 238 Å². The number of aromatic nitrogens is 4. The number of ether oxygens (including phenoxy) is 2. The van der Waals surface area contributed by atoms with Crippen molar-refractivity contribution in [2.75, 3.05) is 82.5 Å². The number of hydrogen-bond donors (Lipinski definition) is 4. The number of amides is 3. The summed E-state index contributed by atoms with van der Waals surface area (Å²) in [6, 6.07) is 21.6. The number of nitrogens with one attached hydrogen (secondary N) is 4. The van der Waals surface area contributed by atoms with E-state index in [1.54, 1.807) is 42.6 Å². The number of Topliss-reactive ketones (excluding diaryl/α,β-unsaturated/α-hetero) is 1. The molecule has 4 N–H and O–H groups in total. The third-order valence-electron chi connectivity index (χ3n) is 11.0. The Balaban J connectivity index is 0.791. The van der Waals surface area contributed by atoms with Crippen LogP contribution in [0.4, 0.5) is 16.8 Å². The van der Waals surface area contributed by atoms with Gasteiger partial charge in [0.1, 0.15) is 46.1 Å². The van der Waals surface area contributed by atoms with E-state index in [0.717, 1.165) is 28.9 Å². The van der Waals surface area contributed by atoms with E-state index in [1.165, 1.54) is 23.6 Å². The predicted molar refractivity (Wildman–Crippen MR) is 280 cm³/mol.